The van der Waals surface area contributed by atoms with Crippen molar-refractivity contribution < 1.29 is 18.3 Å². The van der Waals surface area contributed by atoms with Crippen molar-refractivity contribution in [2.45, 2.75) is 31.6 Å². The van der Waals surface area contributed by atoms with Gasteiger partial charge in [0.15, 0.2) is 5.78 Å². The van der Waals surface area contributed by atoms with E-state index in [0.717, 1.165) is 61.7 Å². The second kappa shape index (κ2) is 8.23. The Labute approximate surface area is 180 Å². The van der Waals surface area contributed by atoms with Crippen LogP contribution >= 0.6 is 0 Å². The molecule has 0 unspecified atom stereocenters. The first-order chi connectivity index (χ1) is 15.1. The Morgan fingerprint density at radius 1 is 0.903 bits per heavy atom. The van der Waals surface area contributed by atoms with Gasteiger partial charge in [0.2, 0.25) is 0 Å². The van der Waals surface area contributed by atoms with Gasteiger partial charge in [-0.1, -0.05) is 18.2 Å². The van der Waals surface area contributed by atoms with E-state index >= 15 is 0 Å². The summed E-state index contributed by atoms with van der Waals surface area (Å²) >= 11 is 0. The van der Waals surface area contributed by atoms with E-state index < -0.39 is 11.6 Å². The van der Waals surface area contributed by atoms with Gasteiger partial charge in [-0.3, -0.25) is 4.79 Å². The molecule has 0 saturated carbocycles. The van der Waals surface area contributed by atoms with Crippen molar-refractivity contribution in [1.29, 1.82) is 0 Å². The van der Waals surface area contributed by atoms with Crippen LogP contribution in [0.25, 0.3) is 0 Å². The molecular weight excluding hydrogens is 396 g/mol. The Morgan fingerprint density at radius 2 is 1.74 bits per heavy atom. The monoisotopic (exact) mass is 419 g/mol. The predicted molar refractivity (Wildman–Crippen MR) is 116 cm³/mol. The van der Waals surface area contributed by atoms with Gasteiger partial charge < -0.3 is 10.1 Å². The molecule has 1 N–H and O–H groups in total. The number of ether oxygens (including phenoxy) is 1. The first kappa shape index (κ1) is 19.9. The highest BCUT2D eigenvalue weighted by Gasteiger charge is 2.26. The van der Waals surface area contributed by atoms with Gasteiger partial charge in [-0.2, -0.15) is 0 Å². The number of carbonyl (C=O) groups is 1. The summed E-state index contributed by atoms with van der Waals surface area (Å²) in [6, 6.07) is 15.0. The quantitative estimate of drug-likeness (QED) is 0.572. The molecule has 5 rings (SSSR count). The fourth-order valence-electron chi connectivity index (χ4n) is 4.74. The summed E-state index contributed by atoms with van der Waals surface area (Å²) < 4.78 is 32.7. The van der Waals surface area contributed by atoms with Crippen LogP contribution in [-0.2, 0) is 17.6 Å². The lowest BCUT2D eigenvalue weighted by molar-refractivity contribution is 0.0851. The first-order valence-corrected chi connectivity index (χ1v) is 10.7. The number of carbonyl (C=O) groups excluding carboxylic acids is 1. The van der Waals surface area contributed by atoms with Gasteiger partial charge in [0.05, 0.1) is 5.69 Å². The molecular formula is C26H23F2NO2. The molecule has 1 fully saturated rings. The predicted octanol–water partition coefficient (Wildman–Crippen LogP) is 5.93. The summed E-state index contributed by atoms with van der Waals surface area (Å²) in [6.45, 7) is 1.52. The van der Waals surface area contributed by atoms with E-state index in [1.807, 2.05) is 18.2 Å². The highest BCUT2D eigenvalue weighted by atomic mass is 19.1. The van der Waals surface area contributed by atoms with Crippen LogP contribution in [0.1, 0.15) is 51.4 Å². The van der Waals surface area contributed by atoms with E-state index in [-0.39, 0.29) is 11.5 Å². The van der Waals surface area contributed by atoms with E-state index in [1.165, 1.54) is 17.7 Å². The van der Waals surface area contributed by atoms with Gasteiger partial charge in [0.25, 0.3) is 0 Å². The van der Waals surface area contributed by atoms with E-state index in [1.54, 1.807) is 12.1 Å². The van der Waals surface area contributed by atoms with Gasteiger partial charge in [0.1, 0.15) is 11.6 Å². The van der Waals surface area contributed by atoms with Crippen LogP contribution in [0.2, 0.25) is 0 Å². The molecule has 158 valence electrons. The van der Waals surface area contributed by atoms with Crippen molar-refractivity contribution in [1.82, 2.24) is 0 Å². The molecule has 1 aliphatic carbocycles. The second-order valence-electron chi connectivity index (χ2n) is 8.21. The number of benzene rings is 3. The van der Waals surface area contributed by atoms with E-state index in [9.17, 15) is 13.6 Å². The van der Waals surface area contributed by atoms with Crippen molar-refractivity contribution in [2.75, 3.05) is 18.5 Å². The maximum absolute atomic E-state index is 14.0. The zero-order valence-corrected chi connectivity index (χ0v) is 17.1. The second-order valence-corrected chi connectivity index (χ2v) is 8.21. The van der Waals surface area contributed by atoms with E-state index in [0.29, 0.717) is 17.2 Å². The van der Waals surface area contributed by atoms with Crippen molar-refractivity contribution in [3.05, 3.63) is 94.0 Å². The summed E-state index contributed by atoms with van der Waals surface area (Å²) in [7, 11) is 0. The minimum Gasteiger partial charge on any atom is -0.381 e. The third-order valence-corrected chi connectivity index (χ3v) is 6.32. The number of nitrogens with one attached hydrogen (secondary N) is 1. The third-order valence-electron chi connectivity index (χ3n) is 6.32. The minimum atomic E-state index is -0.653. The van der Waals surface area contributed by atoms with Gasteiger partial charge in [-0.05, 0) is 78.6 Å². The molecule has 3 aromatic carbocycles. The Hall–Kier alpha value is -3.05. The van der Waals surface area contributed by atoms with Crippen LogP contribution in [-0.4, -0.2) is 19.0 Å². The van der Waals surface area contributed by atoms with E-state index in [2.05, 4.69) is 11.4 Å². The highest BCUT2D eigenvalue weighted by molar-refractivity contribution is 6.11. The number of rotatable bonds is 3. The molecule has 2 aliphatic rings. The Bertz CT molecular complexity index is 1150. The molecule has 1 heterocycles. The van der Waals surface area contributed by atoms with Crippen LogP contribution in [0.3, 0.4) is 0 Å². The highest BCUT2D eigenvalue weighted by Crippen LogP contribution is 2.35. The normalized spacial score (nSPS) is 16.4. The summed E-state index contributed by atoms with van der Waals surface area (Å²) in [4.78, 5) is 13.4. The molecule has 0 amide bonds. The third kappa shape index (κ3) is 3.86. The van der Waals surface area contributed by atoms with E-state index in [4.69, 9.17) is 4.74 Å². The summed E-state index contributed by atoms with van der Waals surface area (Å²) in [6.07, 6.45) is 3.48. The van der Waals surface area contributed by atoms with Gasteiger partial charge >= 0.3 is 0 Å². The number of hydrogen-bond donors (Lipinski definition) is 1. The zero-order chi connectivity index (χ0) is 21.4. The Morgan fingerprint density at radius 3 is 2.55 bits per heavy atom. The molecule has 31 heavy (non-hydrogen) atoms. The molecule has 0 aromatic heterocycles. The topological polar surface area (TPSA) is 38.3 Å². The molecule has 0 bridgehead atoms. The number of fused-ring (bicyclic) bond motifs is 2. The smallest absolute Gasteiger partial charge is 0.193 e. The molecule has 1 aliphatic heterocycles. The fourth-order valence-corrected chi connectivity index (χ4v) is 4.74. The average Bonchev–Trinajstić information content (AvgIpc) is 2.93. The van der Waals surface area contributed by atoms with Crippen molar-refractivity contribution in [2.24, 2.45) is 0 Å². The number of hydrogen-bond acceptors (Lipinski definition) is 3. The lowest BCUT2D eigenvalue weighted by Gasteiger charge is -2.25. The number of aryl methyl sites for hydroxylation is 1. The lowest BCUT2D eigenvalue weighted by atomic mass is 9.84. The van der Waals surface area contributed by atoms with Gasteiger partial charge in [0, 0.05) is 36.1 Å². The minimum absolute atomic E-state index is 0.0379. The van der Waals surface area contributed by atoms with Crippen LogP contribution in [0, 0.1) is 11.6 Å². The average molecular weight is 419 g/mol. The first-order valence-electron chi connectivity index (χ1n) is 10.7. The summed E-state index contributed by atoms with van der Waals surface area (Å²) in [5.41, 5.74) is 5.70. The molecule has 3 aromatic rings. The zero-order valence-electron chi connectivity index (χ0n) is 17.1. The number of halogens is 2. The molecule has 0 atom stereocenters. The van der Waals surface area contributed by atoms with Gasteiger partial charge in [-0.15, -0.1) is 0 Å². The Kier molecular flexibility index (Phi) is 5.28. The van der Waals surface area contributed by atoms with Crippen molar-refractivity contribution >= 4 is 17.2 Å². The lowest BCUT2D eigenvalue weighted by Crippen LogP contribution is -2.16. The van der Waals surface area contributed by atoms with Crippen molar-refractivity contribution in [3.63, 3.8) is 0 Å². The molecule has 1 saturated heterocycles. The fraction of sp³-hybridized carbons (Fsp3) is 0.269. The van der Waals surface area contributed by atoms with Crippen LogP contribution in [0.5, 0.6) is 0 Å². The van der Waals surface area contributed by atoms with Crippen LogP contribution in [0.4, 0.5) is 20.2 Å². The maximum atomic E-state index is 14.0. The summed E-state index contributed by atoms with van der Waals surface area (Å²) in [5, 5.41) is 3.00. The van der Waals surface area contributed by atoms with Crippen molar-refractivity contribution in [3.8, 4) is 0 Å². The van der Waals surface area contributed by atoms with Crippen LogP contribution < -0.4 is 5.32 Å². The SMILES string of the molecule is O=C1c2ccc(Nc3ccc(F)cc3F)cc2CCc2c1cccc2C1CCOCC1. The van der Waals surface area contributed by atoms with Crippen LogP contribution in [0.15, 0.2) is 54.6 Å². The molecule has 0 spiro atoms. The Balaban J connectivity index is 1.46. The van der Waals surface area contributed by atoms with Gasteiger partial charge in [-0.25, -0.2) is 8.78 Å². The molecule has 3 nitrogen and oxygen atoms in total. The maximum Gasteiger partial charge on any atom is 0.193 e. The molecule has 0 radical (unpaired) electrons. The standard InChI is InChI=1S/C26H23F2NO2/c27-18-5-9-25(24(28)15-18)29-19-6-8-21-17(14-19)4-7-22-20(16-10-12-31-13-11-16)2-1-3-23(22)26(21)30/h1-3,5-6,8-9,14-16,29H,4,7,10-13H2. The number of anilines is 2. The largest absolute Gasteiger partial charge is 0.381 e. The number of ketones is 1. The summed E-state index contributed by atoms with van der Waals surface area (Å²) in [5.74, 6) is -0.805. The molecule has 5 heteroatoms.